The van der Waals surface area contributed by atoms with Crippen LogP contribution in [-0.4, -0.2) is 4.98 Å². The van der Waals surface area contributed by atoms with E-state index in [1.807, 2.05) is 30.3 Å². The minimum Gasteiger partial charge on any atom is -0.438 e. The lowest BCUT2D eigenvalue weighted by Crippen LogP contribution is -1.92. The molecule has 1 heterocycles. The molecule has 26 heavy (non-hydrogen) atoms. The molecule has 0 saturated carbocycles. The molecule has 0 bridgehead atoms. The molecule has 2 nitrogen and oxygen atoms in total. The van der Waals surface area contributed by atoms with Crippen molar-refractivity contribution in [2.24, 2.45) is 0 Å². The lowest BCUT2D eigenvalue weighted by Gasteiger charge is -2.12. The van der Waals surface area contributed by atoms with Crippen molar-refractivity contribution in [3.63, 3.8) is 0 Å². The van der Waals surface area contributed by atoms with Crippen molar-refractivity contribution in [2.75, 3.05) is 0 Å². The highest BCUT2D eigenvalue weighted by molar-refractivity contribution is 6.10. The van der Waals surface area contributed by atoms with Crippen LogP contribution in [0.2, 0.25) is 0 Å². The maximum Gasteiger partial charge on any atom is 0.220 e. The van der Waals surface area contributed by atoms with Gasteiger partial charge in [-0.05, 0) is 40.8 Å². The fourth-order valence-corrected chi connectivity index (χ4v) is 3.59. The zero-order chi connectivity index (χ0) is 17.5. The minimum absolute atomic E-state index is 0.627. The van der Waals surface area contributed by atoms with Crippen molar-refractivity contribution < 1.29 is 4.74 Å². The first-order valence-electron chi connectivity index (χ1n) is 8.74. The highest BCUT2D eigenvalue weighted by Crippen LogP contribution is 2.36. The Bertz CT molecular complexity index is 1270. The first-order chi connectivity index (χ1) is 12.8. The molecule has 0 atom stereocenters. The lowest BCUT2D eigenvalue weighted by atomic mass is 10.0. The summed E-state index contributed by atoms with van der Waals surface area (Å²) in [4.78, 5) is 4.70. The van der Waals surface area contributed by atoms with Gasteiger partial charge in [-0.15, -0.1) is 0 Å². The second-order valence-corrected chi connectivity index (χ2v) is 6.54. The quantitative estimate of drug-likeness (QED) is 0.337. The topological polar surface area (TPSA) is 22.1 Å². The smallest absolute Gasteiger partial charge is 0.220 e. The van der Waals surface area contributed by atoms with Crippen LogP contribution < -0.4 is 4.74 Å². The Morgan fingerprint density at radius 3 is 2.15 bits per heavy atom. The molecule has 0 aliphatic rings. The van der Waals surface area contributed by atoms with E-state index in [-0.39, 0.29) is 0 Å². The highest BCUT2D eigenvalue weighted by Gasteiger charge is 2.10. The molecule has 0 fully saturated rings. The molecule has 0 radical (unpaired) electrons. The van der Waals surface area contributed by atoms with E-state index in [1.54, 1.807) is 0 Å². The molecule has 1 aromatic heterocycles. The standard InChI is InChI=1S/C24H17NO/c1-16-14-24(25-22-13-7-6-9-18(16)22)26-23-15-17-8-2-3-10-19(17)20-11-4-5-12-21(20)23/h2-15H,1H3. The molecule has 0 unspecified atom stereocenters. The number of pyridine rings is 1. The van der Waals surface area contributed by atoms with Crippen LogP contribution in [0.1, 0.15) is 5.56 Å². The summed E-state index contributed by atoms with van der Waals surface area (Å²) < 4.78 is 6.28. The van der Waals surface area contributed by atoms with E-state index in [4.69, 9.17) is 9.72 Å². The summed E-state index contributed by atoms with van der Waals surface area (Å²) in [6.45, 7) is 2.09. The van der Waals surface area contributed by atoms with E-state index in [0.29, 0.717) is 5.88 Å². The van der Waals surface area contributed by atoms with Crippen LogP contribution in [0.5, 0.6) is 11.6 Å². The Balaban J connectivity index is 1.72. The Labute approximate surface area is 151 Å². The van der Waals surface area contributed by atoms with Gasteiger partial charge < -0.3 is 4.74 Å². The molecular formula is C24H17NO. The summed E-state index contributed by atoms with van der Waals surface area (Å²) in [5.74, 6) is 1.46. The van der Waals surface area contributed by atoms with Gasteiger partial charge in [-0.25, -0.2) is 4.98 Å². The summed E-state index contributed by atoms with van der Waals surface area (Å²) in [5, 5.41) is 5.84. The molecule has 0 N–H and O–H groups in total. The molecule has 0 amide bonds. The molecule has 0 saturated heterocycles. The van der Waals surface area contributed by atoms with Gasteiger partial charge in [-0.3, -0.25) is 0 Å². The van der Waals surface area contributed by atoms with Crippen LogP contribution >= 0.6 is 0 Å². The Hall–Kier alpha value is -3.39. The largest absolute Gasteiger partial charge is 0.438 e. The van der Waals surface area contributed by atoms with Crippen molar-refractivity contribution >= 4 is 32.4 Å². The molecule has 2 heteroatoms. The SMILES string of the molecule is Cc1cc(Oc2cc3ccccc3c3ccccc23)nc2ccccc12. The number of ether oxygens (including phenoxy) is 1. The van der Waals surface area contributed by atoms with Gasteiger partial charge >= 0.3 is 0 Å². The van der Waals surface area contributed by atoms with Crippen molar-refractivity contribution in [2.45, 2.75) is 6.92 Å². The van der Waals surface area contributed by atoms with Crippen molar-refractivity contribution in [3.8, 4) is 11.6 Å². The minimum atomic E-state index is 0.627. The van der Waals surface area contributed by atoms with Gasteiger partial charge in [0.2, 0.25) is 5.88 Å². The van der Waals surface area contributed by atoms with E-state index >= 15 is 0 Å². The van der Waals surface area contributed by atoms with Gasteiger partial charge in [-0.2, -0.15) is 0 Å². The van der Waals surface area contributed by atoms with E-state index in [0.717, 1.165) is 27.6 Å². The lowest BCUT2D eigenvalue weighted by molar-refractivity contribution is 0.470. The van der Waals surface area contributed by atoms with Crippen LogP contribution in [0.4, 0.5) is 0 Å². The van der Waals surface area contributed by atoms with Crippen molar-refractivity contribution in [1.29, 1.82) is 0 Å². The van der Waals surface area contributed by atoms with E-state index in [2.05, 4.69) is 61.5 Å². The third-order valence-corrected chi connectivity index (χ3v) is 4.84. The fourth-order valence-electron chi connectivity index (χ4n) is 3.59. The first kappa shape index (κ1) is 14.9. The van der Waals surface area contributed by atoms with Crippen LogP contribution in [0.3, 0.4) is 0 Å². The van der Waals surface area contributed by atoms with Crippen LogP contribution in [0.15, 0.2) is 84.9 Å². The summed E-state index contributed by atoms with van der Waals surface area (Å²) in [6.07, 6.45) is 0. The highest BCUT2D eigenvalue weighted by atomic mass is 16.5. The number of fused-ring (bicyclic) bond motifs is 4. The zero-order valence-corrected chi connectivity index (χ0v) is 14.4. The second-order valence-electron chi connectivity index (χ2n) is 6.54. The Morgan fingerprint density at radius 1 is 0.654 bits per heavy atom. The average Bonchev–Trinajstić information content (AvgIpc) is 2.68. The van der Waals surface area contributed by atoms with E-state index < -0.39 is 0 Å². The number of nitrogens with zero attached hydrogens (tertiary/aromatic N) is 1. The number of aryl methyl sites for hydroxylation is 1. The fraction of sp³-hybridized carbons (Fsp3) is 0.0417. The Kier molecular flexibility index (Phi) is 3.36. The maximum absolute atomic E-state index is 6.28. The van der Waals surface area contributed by atoms with Crippen LogP contribution in [-0.2, 0) is 0 Å². The van der Waals surface area contributed by atoms with Gasteiger partial charge in [-0.1, -0.05) is 66.7 Å². The average molecular weight is 335 g/mol. The molecule has 5 rings (SSSR count). The predicted molar refractivity (Wildman–Crippen MR) is 108 cm³/mol. The number of hydrogen-bond donors (Lipinski definition) is 0. The normalized spacial score (nSPS) is 11.3. The number of hydrogen-bond acceptors (Lipinski definition) is 2. The van der Waals surface area contributed by atoms with Crippen molar-refractivity contribution in [3.05, 3.63) is 90.5 Å². The molecule has 0 aliphatic heterocycles. The summed E-state index contributed by atoms with van der Waals surface area (Å²) >= 11 is 0. The summed E-state index contributed by atoms with van der Waals surface area (Å²) in [6, 6.07) is 29.0. The number of aromatic nitrogens is 1. The predicted octanol–water partition coefficient (Wildman–Crippen LogP) is 6.64. The van der Waals surface area contributed by atoms with Crippen molar-refractivity contribution in [1.82, 2.24) is 4.98 Å². The third-order valence-electron chi connectivity index (χ3n) is 4.84. The van der Waals surface area contributed by atoms with Gasteiger partial charge in [0.25, 0.3) is 0 Å². The van der Waals surface area contributed by atoms with Gasteiger partial charge in [0.15, 0.2) is 0 Å². The van der Waals surface area contributed by atoms with Gasteiger partial charge in [0, 0.05) is 16.8 Å². The third kappa shape index (κ3) is 2.39. The van der Waals surface area contributed by atoms with E-state index in [1.165, 1.54) is 16.2 Å². The summed E-state index contributed by atoms with van der Waals surface area (Å²) in [5.41, 5.74) is 2.11. The maximum atomic E-state index is 6.28. The summed E-state index contributed by atoms with van der Waals surface area (Å²) in [7, 11) is 0. The molecule has 0 aliphatic carbocycles. The zero-order valence-electron chi connectivity index (χ0n) is 14.4. The van der Waals surface area contributed by atoms with Gasteiger partial charge in [0.05, 0.1) is 5.52 Å². The molecule has 5 aromatic rings. The van der Waals surface area contributed by atoms with Crippen LogP contribution in [0.25, 0.3) is 32.4 Å². The monoisotopic (exact) mass is 335 g/mol. The number of rotatable bonds is 2. The number of benzene rings is 4. The molecule has 124 valence electrons. The molecule has 4 aromatic carbocycles. The van der Waals surface area contributed by atoms with Crippen LogP contribution in [0, 0.1) is 6.92 Å². The second kappa shape index (κ2) is 5.85. The first-order valence-corrected chi connectivity index (χ1v) is 8.74. The Morgan fingerprint density at radius 2 is 1.31 bits per heavy atom. The number of para-hydroxylation sites is 1. The van der Waals surface area contributed by atoms with Gasteiger partial charge in [0.1, 0.15) is 5.75 Å². The molecular weight excluding hydrogens is 318 g/mol. The van der Waals surface area contributed by atoms with E-state index in [9.17, 15) is 0 Å². The molecule has 0 spiro atoms.